The second-order valence-electron chi connectivity index (χ2n) is 4.37. The molecule has 0 bridgehead atoms. The molecule has 1 atom stereocenters. The van der Waals surface area contributed by atoms with Crippen LogP contribution in [0, 0.1) is 19.7 Å². The number of carboxylic acid groups (broad SMARTS) is 1. The topological polar surface area (TPSA) is 50.2 Å². The number of aromatic nitrogens is 1. The fraction of sp³-hybridized carbons (Fsp3) is 0.286. The number of rotatable bonds is 4. The standard InChI is InChI=1S/C14H14FNO2S/c1-8-9(2)19-13(16-8)7-11(14(17)18)10-5-3-4-6-12(10)15/h3-6,11H,7H2,1-2H3,(H,17,18). The quantitative estimate of drug-likeness (QED) is 0.934. The predicted molar refractivity (Wildman–Crippen MR) is 72.1 cm³/mol. The molecule has 2 rings (SSSR count). The molecule has 1 heterocycles. The third-order valence-corrected chi connectivity index (χ3v) is 4.13. The molecule has 5 heteroatoms. The molecule has 0 aliphatic heterocycles. The van der Waals surface area contributed by atoms with Crippen molar-refractivity contribution in [3.8, 4) is 0 Å². The Kier molecular flexibility index (Phi) is 3.95. The molecule has 3 nitrogen and oxygen atoms in total. The van der Waals surface area contributed by atoms with Crippen molar-refractivity contribution in [2.45, 2.75) is 26.2 Å². The van der Waals surface area contributed by atoms with E-state index < -0.39 is 17.7 Å². The van der Waals surface area contributed by atoms with Gasteiger partial charge < -0.3 is 5.11 Å². The second kappa shape index (κ2) is 5.48. The van der Waals surface area contributed by atoms with E-state index in [0.29, 0.717) is 0 Å². The number of aliphatic carboxylic acids is 1. The molecule has 100 valence electrons. The molecule has 0 amide bonds. The average Bonchev–Trinajstić information content (AvgIpc) is 2.66. The first-order chi connectivity index (χ1) is 8.99. The first-order valence-electron chi connectivity index (χ1n) is 5.89. The average molecular weight is 279 g/mol. The maximum Gasteiger partial charge on any atom is 0.311 e. The normalized spacial score (nSPS) is 12.4. The zero-order valence-electron chi connectivity index (χ0n) is 10.7. The number of carbonyl (C=O) groups is 1. The van der Waals surface area contributed by atoms with Crippen LogP contribution in [0.3, 0.4) is 0 Å². The summed E-state index contributed by atoms with van der Waals surface area (Å²) in [7, 11) is 0. The SMILES string of the molecule is Cc1nc(CC(C(=O)O)c2ccccc2F)sc1C. The highest BCUT2D eigenvalue weighted by Gasteiger charge is 2.24. The number of nitrogens with zero attached hydrogens (tertiary/aromatic N) is 1. The van der Waals surface area contributed by atoms with Gasteiger partial charge in [0.15, 0.2) is 0 Å². The molecule has 1 aromatic heterocycles. The molecule has 1 N–H and O–H groups in total. The Labute approximate surface area is 114 Å². The van der Waals surface area contributed by atoms with Gasteiger partial charge in [-0.2, -0.15) is 0 Å². The molecular weight excluding hydrogens is 265 g/mol. The smallest absolute Gasteiger partial charge is 0.311 e. The third-order valence-electron chi connectivity index (χ3n) is 3.03. The van der Waals surface area contributed by atoms with Crippen LogP contribution in [-0.4, -0.2) is 16.1 Å². The van der Waals surface area contributed by atoms with Crippen molar-refractivity contribution in [3.63, 3.8) is 0 Å². The summed E-state index contributed by atoms with van der Waals surface area (Å²) in [5.41, 5.74) is 1.11. The van der Waals surface area contributed by atoms with Gasteiger partial charge in [0.2, 0.25) is 0 Å². The van der Waals surface area contributed by atoms with E-state index in [2.05, 4.69) is 4.98 Å². The predicted octanol–water partition coefficient (Wildman–Crippen LogP) is 3.31. The first-order valence-corrected chi connectivity index (χ1v) is 6.71. The Morgan fingerprint density at radius 2 is 2.11 bits per heavy atom. The van der Waals surface area contributed by atoms with Crippen molar-refractivity contribution in [3.05, 3.63) is 51.2 Å². The van der Waals surface area contributed by atoms with E-state index in [0.717, 1.165) is 15.6 Å². The molecular formula is C14H14FNO2S. The molecule has 0 fully saturated rings. The van der Waals surface area contributed by atoms with Crippen LogP contribution in [0.2, 0.25) is 0 Å². The van der Waals surface area contributed by atoms with Gasteiger partial charge in [-0.3, -0.25) is 4.79 Å². The molecule has 1 aromatic carbocycles. The lowest BCUT2D eigenvalue weighted by Crippen LogP contribution is -2.15. The Bertz CT molecular complexity index is 590. The summed E-state index contributed by atoms with van der Waals surface area (Å²) >= 11 is 1.46. The van der Waals surface area contributed by atoms with Gasteiger partial charge in [0.25, 0.3) is 0 Å². The summed E-state index contributed by atoms with van der Waals surface area (Å²) < 4.78 is 13.7. The molecule has 19 heavy (non-hydrogen) atoms. The maximum absolute atomic E-state index is 13.7. The number of hydrogen-bond donors (Lipinski definition) is 1. The van der Waals surface area contributed by atoms with Gasteiger partial charge in [0.05, 0.1) is 16.6 Å². The van der Waals surface area contributed by atoms with E-state index >= 15 is 0 Å². The monoisotopic (exact) mass is 279 g/mol. The molecule has 0 radical (unpaired) electrons. The lowest BCUT2D eigenvalue weighted by atomic mass is 9.95. The van der Waals surface area contributed by atoms with Crippen molar-refractivity contribution in [1.29, 1.82) is 0 Å². The molecule has 2 aromatic rings. The first kappa shape index (κ1) is 13.7. The fourth-order valence-corrected chi connectivity index (χ4v) is 2.87. The van der Waals surface area contributed by atoms with Crippen LogP contribution in [-0.2, 0) is 11.2 Å². The van der Waals surface area contributed by atoms with Gasteiger partial charge in [-0.25, -0.2) is 9.37 Å². The van der Waals surface area contributed by atoms with Gasteiger partial charge in [0, 0.05) is 16.9 Å². The fourth-order valence-electron chi connectivity index (χ4n) is 1.89. The minimum atomic E-state index is -1.03. The summed E-state index contributed by atoms with van der Waals surface area (Å²) in [6.45, 7) is 3.82. The van der Waals surface area contributed by atoms with E-state index in [-0.39, 0.29) is 12.0 Å². The van der Waals surface area contributed by atoms with Gasteiger partial charge in [-0.1, -0.05) is 18.2 Å². The van der Waals surface area contributed by atoms with Crippen LogP contribution in [0.5, 0.6) is 0 Å². The van der Waals surface area contributed by atoms with Gasteiger partial charge in [-0.15, -0.1) is 11.3 Å². The zero-order chi connectivity index (χ0) is 14.0. The molecule has 0 aliphatic carbocycles. The number of aryl methyl sites for hydroxylation is 2. The summed E-state index contributed by atoms with van der Waals surface area (Å²) in [4.78, 5) is 16.7. The van der Waals surface area contributed by atoms with E-state index in [1.54, 1.807) is 12.1 Å². The largest absolute Gasteiger partial charge is 0.481 e. The van der Waals surface area contributed by atoms with Crippen LogP contribution < -0.4 is 0 Å². The number of halogens is 1. The maximum atomic E-state index is 13.7. The van der Waals surface area contributed by atoms with Crippen LogP contribution in [0.15, 0.2) is 24.3 Å². The number of hydrogen-bond acceptors (Lipinski definition) is 3. The van der Waals surface area contributed by atoms with E-state index in [4.69, 9.17) is 0 Å². The molecule has 0 spiro atoms. The van der Waals surface area contributed by atoms with Gasteiger partial charge in [-0.05, 0) is 19.9 Å². The van der Waals surface area contributed by atoms with Crippen LogP contribution in [0.25, 0.3) is 0 Å². The minimum Gasteiger partial charge on any atom is -0.481 e. The van der Waals surface area contributed by atoms with Gasteiger partial charge in [0.1, 0.15) is 5.82 Å². The number of thiazole rings is 1. The Balaban J connectivity index is 2.32. The summed E-state index contributed by atoms with van der Waals surface area (Å²) in [6.07, 6.45) is 0.218. The molecule has 1 unspecified atom stereocenters. The Morgan fingerprint density at radius 3 is 2.63 bits per heavy atom. The van der Waals surface area contributed by atoms with Crippen molar-refractivity contribution in [2.75, 3.05) is 0 Å². The van der Waals surface area contributed by atoms with E-state index in [9.17, 15) is 14.3 Å². The van der Waals surface area contributed by atoms with E-state index in [1.165, 1.54) is 23.5 Å². The highest BCUT2D eigenvalue weighted by atomic mass is 32.1. The molecule has 0 saturated carbocycles. The van der Waals surface area contributed by atoms with Crippen molar-refractivity contribution >= 4 is 17.3 Å². The van der Waals surface area contributed by atoms with Crippen molar-refractivity contribution < 1.29 is 14.3 Å². The molecule has 0 saturated heterocycles. The summed E-state index contributed by atoms with van der Waals surface area (Å²) in [6, 6.07) is 5.99. The van der Waals surface area contributed by atoms with Crippen molar-refractivity contribution in [1.82, 2.24) is 4.98 Å². The van der Waals surface area contributed by atoms with Crippen molar-refractivity contribution in [2.24, 2.45) is 0 Å². The highest BCUT2D eigenvalue weighted by Crippen LogP contribution is 2.27. The highest BCUT2D eigenvalue weighted by molar-refractivity contribution is 7.11. The van der Waals surface area contributed by atoms with Crippen LogP contribution >= 0.6 is 11.3 Å². The Hall–Kier alpha value is -1.75. The van der Waals surface area contributed by atoms with Crippen LogP contribution in [0.1, 0.15) is 27.1 Å². The van der Waals surface area contributed by atoms with E-state index in [1.807, 2.05) is 13.8 Å². The third kappa shape index (κ3) is 2.98. The summed E-state index contributed by atoms with van der Waals surface area (Å²) in [5, 5.41) is 10.0. The second-order valence-corrected chi connectivity index (χ2v) is 5.65. The number of benzene rings is 1. The minimum absolute atomic E-state index is 0.209. The summed E-state index contributed by atoms with van der Waals surface area (Å²) in [5.74, 6) is -2.42. The Morgan fingerprint density at radius 1 is 1.42 bits per heavy atom. The zero-order valence-corrected chi connectivity index (χ0v) is 11.5. The number of carboxylic acids is 1. The lowest BCUT2D eigenvalue weighted by Gasteiger charge is -2.11. The van der Waals surface area contributed by atoms with Gasteiger partial charge >= 0.3 is 5.97 Å². The van der Waals surface area contributed by atoms with Crippen LogP contribution in [0.4, 0.5) is 4.39 Å². The molecule has 0 aliphatic rings. The lowest BCUT2D eigenvalue weighted by molar-refractivity contribution is -0.138.